The summed E-state index contributed by atoms with van der Waals surface area (Å²) in [6.45, 7) is 6.08. The summed E-state index contributed by atoms with van der Waals surface area (Å²) < 4.78 is 0. The summed E-state index contributed by atoms with van der Waals surface area (Å²) in [6.07, 6.45) is 7.38. The lowest BCUT2D eigenvalue weighted by Gasteiger charge is -2.33. The zero-order valence-corrected chi connectivity index (χ0v) is 16.4. The highest BCUT2D eigenvalue weighted by Gasteiger charge is 2.30. The molecule has 0 spiro atoms. The summed E-state index contributed by atoms with van der Waals surface area (Å²) >= 11 is 1.74. The Balaban J connectivity index is 1.60. The normalized spacial score (nSPS) is 16.7. The van der Waals surface area contributed by atoms with Gasteiger partial charge >= 0.3 is 0 Å². The average molecular weight is 373 g/mol. The quantitative estimate of drug-likeness (QED) is 0.797. The Morgan fingerprint density at radius 3 is 2.50 bits per heavy atom. The van der Waals surface area contributed by atoms with E-state index in [0.29, 0.717) is 5.92 Å². The first kappa shape index (κ1) is 18.8. The number of nitrogens with one attached hydrogen (secondary N) is 1. The number of piperidine rings is 1. The van der Waals surface area contributed by atoms with Gasteiger partial charge in [0.2, 0.25) is 11.9 Å². The Labute approximate surface area is 159 Å². The average Bonchev–Trinajstić information content (AvgIpc) is 3.23. The lowest BCUT2D eigenvalue weighted by atomic mass is 9.90. The predicted molar refractivity (Wildman–Crippen MR) is 106 cm³/mol. The summed E-state index contributed by atoms with van der Waals surface area (Å²) in [7, 11) is 0. The molecule has 5 nitrogen and oxygen atoms in total. The molecule has 1 aliphatic rings. The number of amides is 1. The fourth-order valence-corrected chi connectivity index (χ4v) is 4.59. The maximum Gasteiger partial charge on any atom is 0.225 e. The number of carbonyl (C=O) groups is 1. The molecule has 1 fully saturated rings. The molecule has 0 bridgehead atoms. The first-order valence-corrected chi connectivity index (χ1v) is 10.5. The van der Waals surface area contributed by atoms with Crippen LogP contribution in [0.4, 0.5) is 5.95 Å². The van der Waals surface area contributed by atoms with E-state index in [2.05, 4.69) is 51.5 Å². The molecule has 3 heterocycles. The van der Waals surface area contributed by atoms with Gasteiger partial charge in [0.1, 0.15) is 0 Å². The van der Waals surface area contributed by atoms with E-state index in [-0.39, 0.29) is 17.9 Å². The van der Waals surface area contributed by atoms with Crippen molar-refractivity contribution in [3.8, 4) is 0 Å². The Hall–Kier alpha value is -1.95. The van der Waals surface area contributed by atoms with Crippen LogP contribution in [0.5, 0.6) is 0 Å². The van der Waals surface area contributed by atoms with Crippen molar-refractivity contribution in [3.05, 3.63) is 40.8 Å². The van der Waals surface area contributed by atoms with Crippen molar-refractivity contribution in [2.45, 2.75) is 45.6 Å². The van der Waals surface area contributed by atoms with E-state index in [1.54, 1.807) is 23.7 Å². The Morgan fingerprint density at radius 2 is 1.92 bits per heavy atom. The number of nitrogens with zero attached hydrogens (tertiary/aromatic N) is 3. The van der Waals surface area contributed by atoms with Gasteiger partial charge in [-0.15, -0.1) is 11.3 Å². The van der Waals surface area contributed by atoms with Gasteiger partial charge in [-0.3, -0.25) is 4.79 Å². The number of rotatable bonds is 7. The summed E-state index contributed by atoms with van der Waals surface area (Å²) in [5, 5.41) is 5.46. The molecule has 0 radical (unpaired) electrons. The maximum absolute atomic E-state index is 12.9. The lowest BCUT2D eigenvalue weighted by molar-refractivity contribution is -0.126. The first-order valence-electron chi connectivity index (χ1n) is 9.58. The molecule has 26 heavy (non-hydrogen) atoms. The second-order valence-corrected chi connectivity index (χ2v) is 7.87. The summed E-state index contributed by atoms with van der Waals surface area (Å²) in [4.78, 5) is 25.0. The zero-order valence-electron chi connectivity index (χ0n) is 15.6. The van der Waals surface area contributed by atoms with E-state index in [9.17, 15) is 4.79 Å². The maximum atomic E-state index is 12.9. The summed E-state index contributed by atoms with van der Waals surface area (Å²) in [5.74, 6) is 1.52. The molecule has 1 amide bonds. The van der Waals surface area contributed by atoms with Crippen molar-refractivity contribution in [2.24, 2.45) is 11.8 Å². The SMILES string of the molecule is CCC(CC)C(NC(=O)C1CCN(c2ncccn2)CC1)c1cccs1. The molecule has 0 aromatic carbocycles. The molecule has 140 valence electrons. The number of carbonyl (C=O) groups excluding carboxylic acids is 1. The Bertz CT molecular complexity index is 664. The van der Waals surface area contributed by atoms with Gasteiger partial charge in [0.15, 0.2) is 0 Å². The third kappa shape index (κ3) is 4.41. The van der Waals surface area contributed by atoms with Crippen molar-refractivity contribution in [1.82, 2.24) is 15.3 Å². The number of thiophene rings is 1. The minimum absolute atomic E-state index is 0.0757. The van der Waals surface area contributed by atoms with Crippen LogP contribution in [-0.2, 0) is 4.79 Å². The van der Waals surface area contributed by atoms with Crippen molar-refractivity contribution in [3.63, 3.8) is 0 Å². The van der Waals surface area contributed by atoms with Crippen molar-refractivity contribution in [1.29, 1.82) is 0 Å². The molecular weight excluding hydrogens is 344 g/mol. The molecular formula is C20H28N4OS. The zero-order chi connectivity index (χ0) is 18.4. The van der Waals surface area contributed by atoms with Crippen LogP contribution in [0.1, 0.15) is 50.4 Å². The molecule has 0 aliphatic carbocycles. The van der Waals surface area contributed by atoms with Crippen molar-refractivity contribution < 1.29 is 4.79 Å². The predicted octanol–water partition coefficient (Wildman–Crippen LogP) is 4.05. The monoisotopic (exact) mass is 372 g/mol. The highest BCUT2D eigenvalue weighted by atomic mass is 32.1. The van der Waals surface area contributed by atoms with Crippen LogP contribution in [0.15, 0.2) is 36.0 Å². The van der Waals surface area contributed by atoms with Gasteiger partial charge in [0.25, 0.3) is 0 Å². The molecule has 2 aromatic heterocycles. The van der Waals surface area contributed by atoms with Gasteiger partial charge in [-0.25, -0.2) is 9.97 Å². The largest absolute Gasteiger partial charge is 0.348 e. The van der Waals surface area contributed by atoms with Crippen LogP contribution in [0.25, 0.3) is 0 Å². The highest BCUT2D eigenvalue weighted by molar-refractivity contribution is 7.10. The smallest absolute Gasteiger partial charge is 0.225 e. The second kappa shape index (κ2) is 9.12. The molecule has 1 atom stereocenters. The number of anilines is 1. The lowest BCUT2D eigenvalue weighted by Crippen LogP contribution is -2.43. The van der Waals surface area contributed by atoms with Crippen LogP contribution in [0, 0.1) is 11.8 Å². The topological polar surface area (TPSA) is 58.1 Å². The van der Waals surface area contributed by atoms with Crippen LogP contribution < -0.4 is 10.2 Å². The molecule has 1 saturated heterocycles. The van der Waals surface area contributed by atoms with Gasteiger partial charge in [-0.05, 0) is 36.3 Å². The molecule has 1 unspecified atom stereocenters. The molecule has 0 saturated carbocycles. The highest BCUT2D eigenvalue weighted by Crippen LogP contribution is 2.31. The van der Waals surface area contributed by atoms with E-state index < -0.39 is 0 Å². The van der Waals surface area contributed by atoms with Gasteiger partial charge in [0.05, 0.1) is 6.04 Å². The van der Waals surface area contributed by atoms with Gasteiger partial charge in [0, 0.05) is 36.3 Å². The van der Waals surface area contributed by atoms with Crippen molar-refractivity contribution in [2.75, 3.05) is 18.0 Å². The molecule has 6 heteroatoms. The minimum atomic E-state index is 0.0757. The molecule has 1 aliphatic heterocycles. The van der Waals surface area contributed by atoms with Crippen molar-refractivity contribution >= 4 is 23.2 Å². The molecule has 1 N–H and O–H groups in total. The molecule has 2 aromatic rings. The Morgan fingerprint density at radius 1 is 1.23 bits per heavy atom. The van der Waals surface area contributed by atoms with Gasteiger partial charge < -0.3 is 10.2 Å². The summed E-state index contributed by atoms with van der Waals surface area (Å²) in [5.41, 5.74) is 0. The Kier molecular flexibility index (Phi) is 6.61. The minimum Gasteiger partial charge on any atom is -0.348 e. The standard InChI is InChI=1S/C20H28N4OS/c1-3-15(4-2)18(17-7-5-14-26-17)23-19(25)16-8-12-24(13-9-16)20-21-10-6-11-22-20/h5-7,10-11,14-16,18H,3-4,8-9,12-13H2,1-2H3,(H,23,25). The van der Waals surface area contributed by atoms with Crippen LogP contribution in [0.3, 0.4) is 0 Å². The van der Waals surface area contributed by atoms with E-state index in [1.165, 1.54) is 4.88 Å². The van der Waals surface area contributed by atoms with Crippen LogP contribution >= 0.6 is 11.3 Å². The number of hydrogen-bond donors (Lipinski definition) is 1. The third-order valence-corrected chi connectivity index (χ3v) is 6.32. The molecule has 3 rings (SSSR count). The van der Waals surface area contributed by atoms with Gasteiger partial charge in [-0.1, -0.05) is 32.8 Å². The first-order chi connectivity index (χ1) is 12.7. The number of aromatic nitrogens is 2. The third-order valence-electron chi connectivity index (χ3n) is 5.37. The van der Waals surface area contributed by atoms with Crippen LogP contribution in [-0.4, -0.2) is 29.0 Å². The second-order valence-electron chi connectivity index (χ2n) is 6.89. The van der Waals surface area contributed by atoms with Crippen LogP contribution in [0.2, 0.25) is 0 Å². The fraction of sp³-hybridized carbons (Fsp3) is 0.550. The van der Waals surface area contributed by atoms with E-state index >= 15 is 0 Å². The van der Waals surface area contributed by atoms with E-state index in [1.807, 2.05) is 6.07 Å². The fourth-order valence-electron chi connectivity index (χ4n) is 3.72. The van der Waals surface area contributed by atoms with E-state index in [0.717, 1.165) is 44.7 Å². The number of hydrogen-bond acceptors (Lipinski definition) is 5. The van der Waals surface area contributed by atoms with Gasteiger partial charge in [-0.2, -0.15) is 0 Å². The van der Waals surface area contributed by atoms with E-state index in [4.69, 9.17) is 0 Å². The summed E-state index contributed by atoms with van der Waals surface area (Å²) in [6, 6.07) is 6.17.